The molecule has 0 atom stereocenters. The lowest BCUT2D eigenvalue weighted by Crippen LogP contribution is -2.05. The molecule has 8 nitrogen and oxygen atoms in total. The predicted octanol–water partition coefficient (Wildman–Crippen LogP) is -0.184. The van der Waals surface area contributed by atoms with Crippen molar-refractivity contribution in [3.05, 3.63) is 33.9 Å². The van der Waals surface area contributed by atoms with Crippen molar-refractivity contribution in [1.29, 1.82) is 0 Å². The molecule has 5 N–H and O–H groups in total. The molecular weight excluding hydrogens is 283 g/mol. The van der Waals surface area contributed by atoms with Crippen LogP contribution in [0, 0.1) is 27.7 Å². The fourth-order valence-electron chi connectivity index (χ4n) is 1.90. The molecule has 0 saturated heterocycles. The van der Waals surface area contributed by atoms with Crippen LogP contribution in [0.15, 0.2) is 0 Å². The van der Waals surface area contributed by atoms with Crippen LogP contribution in [0.2, 0.25) is 0 Å². The van der Waals surface area contributed by atoms with Crippen molar-refractivity contribution in [2.45, 2.75) is 34.1 Å². The van der Waals surface area contributed by atoms with E-state index in [2.05, 4.69) is 41.2 Å². The van der Waals surface area contributed by atoms with E-state index >= 15 is 0 Å². The van der Waals surface area contributed by atoms with Crippen LogP contribution < -0.4 is 9.99 Å². The largest absolute Gasteiger partial charge is 0.756 e. The molecule has 2 rings (SSSR count). The zero-order chi connectivity index (χ0) is 15.5. The Morgan fingerprint density at radius 1 is 1.20 bits per heavy atom. The van der Waals surface area contributed by atoms with E-state index in [1.165, 1.54) is 22.5 Å². The number of nitrogens with zero attached hydrogens (tertiary/aromatic N) is 1. The van der Waals surface area contributed by atoms with Gasteiger partial charge in [0.25, 0.3) is 7.82 Å². The highest BCUT2D eigenvalue weighted by Crippen LogP contribution is 2.19. The maximum Gasteiger partial charge on any atom is 0.262 e. The number of H-pyrrole nitrogens is 3. The van der Waals surface area contributed by atoms with E-state index in [0.717, 1.165) is 17.8 Å². The van der Waals surface area contributed by atoms with Gasteiger partial charge in [-0.2, -0.15) is 10.2 Å². The zero-order valence-corrected chi connectivity index (χ0v) is 12.7. The molecule has 2 heterocycles. The van der Waals surface area contributed by atoms with Crippen molar-refractivity contribution in [2.75, 3.05) is 0 Å². The van der Waals surface area contributed by atoms with Crippen LogP contribution in [0.4, 0.5) is 0 Å². The molecule has 112 valence electrons. The highest BCUT2D eigenvalue weighted by molar-refractivity contribution is 7.43. The van der Waals surface area contributed by atoms with Gasteiger partial charge in [-0.3, -0.25) is 9.66 Å². The minimum Gasteiger partial charge on any atom is -0.756 e. The highest BCUT2D eigenvalue weighted by atomic mass is 31.2. The normalized spacial score (nSPS) is 11.2. The molecule has 0 aliphatic carbocycles. The highest BCUT2D eigenvalue weighted by Gasteiger charge is 2.15. The maximum atomic E-state index is 8.77. The van der Waals surface area contributed by atoms with Crippen LogP contribution in [0.5, 0.6) is 0 Å². The van der Waals surface area contributed by atoms with Gasteiger partial charge in [0, 0.05) is 30.2 Å². The first-order chi connectivity index (χ1) is 9.09. The number of rotatable bonds is 2. The van der Waals surface area contributed by atoms with Crippen molar-refractivity contribution in [3.8, 4) is 0 Å². The SMILES string of the molecule is Cc1n[nH]c(C)c1Cc1c(C)[nH][nH+]c1C.O=P([O-])(O)O. The lowest BCUT2D eigenvalue weighted by Gasteiger charge is -2.01. The molecule has 0 radical (unpaired) electrons. The van der Waals surface area contributed by atoms with Crippen LogP contribution in [0.1, 0.15) is 33.9 Å². The summed E-state index contributed by atoms with van der Waals surface area (Å²) in [6.45, 7) is 8.28. The molecule has 0 unspecified atom stereocenters. The molecule has 20 heavy (non-hydrogen) atoms. The van der Waals surface area contributed by atoms with E-state index in [1.54, 1.807) is 0 Å². The Balaban J connectivity index is 0.000000347. The average molecular weight is 302 g/mol. The van der Waals surface area contributed by atoms with Gasteiger partial charge in [-0.25, -0.2) is 0 Å². The topological polar surface area (TPSA) is 139 Å². The van der Waals surface area contributed by atoms with E-state index < -0.39 is 7.82 Å². The van der Waals surface area contributed by atoms with Crippen LogP contribution in [-0.2, 0) is 11.0 Å². The minimum absolute atomic E-state index is 0.936. The minimum atomic E-state index is -4.89. The zero-order valence-electron chi connectivity index (χ0n) is 11.8. The second-order valence-electron chi connectivity index (χ2n) is 4.56. The average Bonchev–Trinajstić information content (AvgIpc) is 2.76. The lowest BCUT2D eigenvalue weighted by atomic mass is 10.0. The van der Waals surface area contributed by atoms with Crippen LogP contribution >= 0.6 is 7.82 Å². The molecule has 2 aromatic rings. The summed E-state index contributed by atoms with van der Waals surface area (Å²) in [5.41, 5.74) is 7.29. The summed E-state index contributed by atoms with van der Waals surface area (Å²) in [6, 6.07) is 0. The van der Waals surface area contributed by atoms with Gasteiger partial charge in [0.15, 0.2) is 0 Å². The standard InChI is InChI=1S/C11H16N4.H3O4P/c1-6-10(7(2)13-12-6)5-11-8(3)14-15-9(11)4;1-5(2,3)4/h5H2,1-4H3,(H,12,13)(H,14,15);(H3,1,2,3,4). The Morgan fingerprint density at radius 2 is 1.75 bits per heavy atom. The third kappa shape index (κ3) is 4.90. The van der Waals surface area contributed by atoms with Crippen LogP contribution in [-0.4, -0.2) is 25.1 Å². The van der Waals surface area contributed by atoms with Gasteiger partial charge < -0.3 is 14.7 Å². The predicted molar refractivity (Wildman–Crippen MR) is 69.7 cm³/mol. The van der Waals surface area contributed by atoms with E-state index in [-0.39, 0.29) is 0 Å². The quantitative estimate of drug-likeness (QED) is 0.570. The van der Waals surface area contributed by atoms with Crippen molar-refractivity contribution in [3.63, 3.8) is 0 Å². The monoisotopic (exact) mass is 302 g/mol. The number of nitrogens with one attached hydrogen (secondary N) is 3. The Hall–Kier alpha value is -1.47. The number of aromatic nitrogens is 4. The third-order valence-electron chi connectivity index (χ3n) is 2.98. The number of aryl methyl sites for hydroxylation is 4. The van der Waals surface area contributed by atoms with Gasteiger partial charge >= 0.3 is 0 Å². The summed E-state index contributed by atoms with van der Waals surface area (Å²) in [7, 11) is -4.89. The summed E-state index contributed by atoms with van der Waals surface area (Å²) >= 11 is 0. The van der Waals surface area contributed by atoms with Crippen molar-refractivity contribution < 1.29 is 24.3 Å². The summed E-state index contributed by atoms with van der Waals surface area (Å²) < 4.78 is 8.77. The van der Waals surface area contributed by atoms with E-state index in [1.807, 2.05) is 6.92 Å². The summed E-state index contributed by atoms with van der Waals surface area (Å²) in [6.07, 6.45) is 0.936. The lowest BCUT2D eigenvalue weighted by molar-refractivity contribution is -0.458. The Labute approximate surface area is 116 Å². The first-order valence-corrected chi connectivity index (χ1v) is 7.45. The Morgan fingerprint density at radius 3 is 2.10 bits per heavy atom. The second kappa shape index (κ2) is 6.32. The van der Waals surface area contributed by atoms with Gasteiger partial charge in [0.1, 0.15) is 0 Å². The van der Waals surface area contributed by atoms with Gasteiger partial charge in [-0.05, 0) is 20.8 Å². The molecule has 0 saturated carbocycles. The van der Waals surface area contributed by atoms with Gasteiger partial charge in [-0.15, -0.1) is 5.10 Å². The first-order valence-electron chi connectivity index (χ1n) is 5.92. The van der Waals surface area contributed by atoms with E-state index in [0.29, 0.717) is 0 Å². The summed E-state index contributed by atoms with van der Waals surface area (Å²) in [5, 5.41) is 13.5. The number of phosphoric acid groups is 1. The number of hydrogen-bond acceptors (Lipinski definition) is 3. The molecule has 0 spiro atoms. The smallest absolute Gasteiger partial charge is 0.262 e. The fraction of sp³-hybridized carbons (Fsp3) is 0.455. The number of hydrogen-bond donors (Lipinski definition) is 4. The van der Waals surface area contributed by atoms with Crippen molar-refractivity contribution in [2.24, 2.45) is 0 Å². The van der Waals surface area contributed by atoms with Gasteiger partial charge in [0.05, 0.1) is 11.4 Å². The van der Waals surface area contributed by atoms with Crippen molar-refractivity contribution in [1.82, 2.24) is 15.3 Å². The Kier molecular flexibility index (Phi) is 5.24. The molecule has 0 amide bonds. The van der Waals surface area contributed by atoms with Gasteiger partial charge in [0.2, 0.25) is 5.69 Å². The molecule has 0 aliphatic heterocycles. The maximum absolute atomic E-state index is 8.77. The van der Waals surface area contributed by atoms with E-state index in [9.17, 15) is 0 Å². The first kappa shape index (κ1) is 16.6. The molecule has 0 aliphatic rings. The second-order valence-corrected chi connectivity index (χ2v) is 5.54. The molecular formula is C11H19N4O4P. The van der Waals surface area contributed by atoms with Crippen LogP contribution in [0.25, 0.3) is 0 Å². The third-order valence-corrected chi connectivity index (χ3v) is 2.98. The van der Waals surface area contributed by atoms with Gasteiger partial charge in [-0.1, -0.05) is 0 Å². The number of aromatic amines is 3. The molecule has 0 bridgehead atoms. The molecule has 2 aromatic heterocycles. The Bertz CT molecular complexity index is 537. The molecule has 0 aromatic carbocycles. The summed E-state index contributed by atoms with van der Waals surface area (Å²) in [4.78, 5) is 22.9. The summed E-state index contributed by atoms with van der Waals surface area (Å²) in [5.74, 6) is 0. The van der Waals surface area contributed by atoms with E-state index in [4.69, 9.17) is 19.2 Å². The van der Waals surface area contributed by atoms with Crippen molar-refractivity contribution >= 4 is 7.82 Å². The van der Waals surface area contributed by atoms with Crippen LogP contribution in [0.3, 0.4) is 0 Å². The molecule has 0 fully saturated rings. The fourth-order valence-corrected chi connectivity index (χ4v) is 1.90. The molecule has 9 heteroatoms.